The smallest absolute Gasteiger partial charge is 0.170 e. The number of rotatable bonds is 0. The second-order valence-corrected chi connectivity index (χ2v) is 3.88. The van der Waals surface area contributed by atoms with Crippen molar-refractivity contribution in [1.29, 1.82) is 0 Å². The molecule has 0 N–H and O–H groups in total. The van der Waals surface area contributed by atoms with E-state index < -0.39 is 0 Å². The van der Waals surface area contributed by atoms with Gasteiger partial charge in [0.15, 0.2) is 5.78 Å². The summed E-state index contributed by atoms with van der Waals surface area (Å²) in [5.74, 6) is 1.01. The van der Waals surface area contributed by atoms with Crippen molar-refractivity contribution in [3.05, 3.63) is 29.8 Å². The molecular weight excluding hydrogens is 164 g/mol. The molecule has 1 aromatic rings. The van der Waals surface area contributed by atoms with Crippen molar-refractivity contribution in [2.45, 2.75) is 24.9 Å². The molecule has 2 aliphatic rings. The number of hydrogen-bond donors (Lipinski definition) is 0. The van der Waals surface area contributed by atoms with E-state index in [2.05, 4.69) is 0 Å². The van der Waals surface area contributed by atoms with Crippen molar-refractivity contribution in [3.8, 4) is 5.75 Å². The van der Waals surface area contributed by atoms with Gasteiger partial charge < -0.3 is 4.74 Å². The largest absolute Gasteiger partial charge is 0.486 e. The molecule has 2 heteroatoms. The van der Waals surface area contributed by atoms with E-state index in [-0.39, 0.29) is 11.4 Å². The van der Waals surface area contributed by atoms with Gasteiger partial charge >= 0.3 is 0 Å². The Hall–Kier alpha value is -1.31. The Kier molecular flexibility index (Phi) is 1.17. The van der Waals surface area contributed by atoms with Crippen molar-refractivity contribution in [2.75, 3.05) is 0 Å². The van der Waals surface area contributed by atoms with Gasteiger partial charge in [-0.3, -0.25) is 4.79 Å². The molecule has 0 atom stereocenters. The quantitative estimate of drug-likeness (QED) is 0.602. The van der Waals surface area contributed by atoms with Gasteiger partial charge in [0.2, 0.25) is 0 Å². The second-order valence-electron chi connectivity index (χ2n) is 3.88. The van der Waals surface area contributed by atoms with Gasteiger partial charge in [0.05, 0.1) is 12.0 Å². The molecule has 3 rings (SSSR count). The fourth-order valence-corrected chi connectivity index (χ4v) is 1.86. The average Bonchev–Trinajstić information content (AvgIpc) is 2.85. The Morgan fingerprint density at radius 1 is 1.23 bits per heavy atom. The zero-order valence-electron chi connectivity index (χ0n) is 7.25. The number of hydrogen-bond acceptors (Lipinski definition) is 2. The molecular formula is C11H10O2. The predicted octanol–water partition coefficient (Wildman–Crippen LogP) is 2.18. The van der Waals surface area contributed by atoms with Crippen molar-refractivity contribution in [1.82, 2.24) is 0 Å². The van der Waals surface area contributed by atoms with Crippen LogP contribution in [0.15, 0.2) is 24.3 Å². The van der Waals surface area contributed by atoms with Crippen LogP contribution in [-0.4, -0.2) is 11.4 Å². The maximum Gasteiger partial charge on any atom is 0.170 e. The zero-order valence-corrected chi connectivity index (χ0v) is 7.25. The van der Waals surface area contributed by atoms with Gasteiger partial charge in [0, 0.05) is 0 Å². The number of fused-ring (bicyclic) bond motifs is 1. The topological polar surface area (TPSA) is 26.3 Å². The summed E-state index contributed by atoms with van der Waals surface area (Å²) in [5.41, 5.74) is 0.644. The van der Waals surface area contributed by atoms with Crippen LogP contribution in [-0.2, 0) is 0 Å². The van der Waals surface area contributed by atoms with Crippen LogP contribution in [0.3, 0.4) is 0 Å². The first-order valence-corrected chi connectivity index (χ1v) is 4.60. The van der Waals surface area contributed by atoms with E-state index in [1.807, 2.05) is 24.3 Å². The van der Waals surface area contributed by atoms with E-state index in [1.54, 1.807) is 0 Å². The van der Waals surface area contributed by atoms with Crippen LogP contribution in [0.5, 0.6) is 5.75 Å². The molecule has 1 heterocycles. The molecule has 0 unspecified atom stereocenters. The predicted molar refractivity (Wildman–Crippen MR) is 48.0 cm³/mol. The highest BCUT2D eigenvalue weighted by molar-refractivity contribution is 6.00. The van der Waals surface area contributed by atoms with Gasteiger partial charge in [-0.15, -0.1) is 0 Å². The average molecular weight is 174 g/mol. The zero-order chi connectivity index (χ0) is 8.89. The van der Waals surface area contributed by atoms with E-state index in [1.165, 1.54) is 0 Å². The van der Waals surface area contributed by atoms with Gasteiger partial charge in [-0.2, -0.15) is 0 Å². The van der Waals surface area contributed by atoms with Gasteiger partial charge in [-0.25, -0.2) is 0 Å². The van der Waals surface area contributed by atoms with Crippen LogP contribution < -0.4 is 4.74 Å². The molecule has 1 fully saturated rings. The lowest BCUT2D eigenvalue weighted by Crippen LogP contribution is -2.28. The minimum absolute atomic E-state index is 0.106. The SMILES string of the molecule is O=C1CC2(CC2)Oc2ccccc21. The summed E-state index contributed by atoms with van der Waals surface area (Å²) in [7, 11) is 0. The van der Waals surface area contributed by atoms with Crippen molar-refractivity contribution in [2.24, 2.45) is 0 Å². The normalized spacial score (nSPS) is 22.3. The third-order valence-corrected chi connectivity index (χ3v) is 2.80. The summed E-state index contributed by atoms with van der Waals surface area (Å²) in [5, 5.41) is 0. The van der Waals surface area contributed by atoms with Gasteiger partial charge in [-0.1, -0.05) is 12.1 Å². The lowest BCUT2D eigenvalue weighted by atomic mass is 10.00. The Labute approximate surface area is 76.5 Å². The molecule has 0 amide bonds. The van der Waals surface area contributed by atoms with Crippen LogP contribution in [0.25, 0.3) is 0 Å². The summed E-state index contributed by atoms with van der Waals surface area (Å²) < 4.78 is 5.78. The Bertz CT molecular complexity index is 377. The van der Waals surface area contributed by atoms with Crippen molar-refractivity contribution >= 4 is 5.78 Å². The summed E-state index contributed by atoms with van der Waals surface area (Å²) in [4.78, 5) is 11.7. The van der Waals surface area contributed by atoms with Crippen LogP contribution >= 0.6 is 0 Å². The molecule has 1 spiro atoms. The van der Waals surface area contributed by atoms with Crippen molar-refractivity contribution in [3.63, 3.8) is 0 Å². The first-order chi connectivity index (χ1) is 6.29. The maximum absolute atomic E-state index is 11.7. The molecule has 0 saturated heterocycles. The van der Waals surface area contributed by atoms with Crippen LogP contribution in [0.2, 0.25) is 0 Å². The molecule has 13 heavy (non-hydrogen) atoms. The molecule has 1 saturated carbocycles. The van der Waals surface area contributed by atoms with Crippen molar-refractivity contribution < 1.29 is 9.53 Å². The number of benzene rings is 1. The second kappa shape index (κ2) is 2.13. The summed E-state index contributed by atoms with van der Waals surface area (Å²) >= 11 is 0. The number of para-hydroxylation sites is 1. The Morgan fingerprint density at radius 2 is 2.00 bits per heavy atom. The highest BCUT2D eigenvalue weighted by Gasteiger charge is 2.50. The van der Waals surface area contributed by atoms with Crippen LogP contribution in [0.4, 0.5) is 0 Å². The highest BCUT2D eigenvalue weighted by atomic mass is 16.5. The first-order valence-electron chi connectivity index (χ1n) is 4.60. The van der Waals surface area contributed by atoms with E-state index >= 15 is 0 Å². The van der Waals surface area contributed by atoms with Gasteiger partial charge in [0.25, 0.3) is 0 Å². The third-order valence-electron chi connectivity index (χ3n) is 2.80. The Morgan fingerprint density at radius 3 is 2.77 bits per heavy atom. The Balaban J connectivity index is 2.10. The van der Waals surface area contributed by atoms with E-state index in [9.17, 15) is 4.79 Å². The summed E-state index contributed by atoms with van der Waals surface area (Å²) in [6.45, 7) is 0. The van der Waals surface area contributed by atoms with E-state index in [0.717, 1.165) is 24.2 Å². The minimum Gasteiger partial charge on any atom is -0.486 e. The number of ketones is 1. The van der Waals surface area contributed by atoms with Crippen LogP contribution in [0.1, 0.15) is 29.6 Å². The highest BCUT2D eigenvalue weighted by Crippen LogP contribution is 2.47. The lowest BCUT2D eigenvalue weighted by Gasteiger charge is -2.24. The summed E-state index contributed by atoms with van der Waals surface area (Å²) in [6.07, 6.45) is 2.64. The third kappa shape index (κ3) is 0.981. The molecule has 1 aliphatic heterocycles. The number of carbonyl (C=O) groups excluding carboxylic acids is 1. The van der Waals surface area contributed by atoms with E-state index in [4.69, 9.17) is 4.74 Å². The standard InChI is InChI=1S/C11H10O2/c12-9-7-11(5-6-11)13-10-4-2-1-3-8(9)10/h1-4H,5-7H2. The fourth-order valence-electron chi connectivity index (χ4n) is 1.86. The molecule has 2 nitrogen and oxygen atoms in total. The molecule has 1 aliphatic carbocycles. The molecule has 0 bridgehead atoms. The molecule has 0 radical (unpaired) electrons. The number of Topliss-reactive ketones (excluding diaryl/α,β-unsaturated/α-hetero) is 1. The van der Waals surface area contributed by atoms with Gasteiger partial charge in [-0.05, 0) is 25.0 Å². The number of ether oxygens (including phenoxy) is 1. The minimum atomic E-state index is -0.106. The fraction of sp³-hybridized carbons (Fsp3) is 0.364. The van der Waals surface area contributed by atoms with E-state index in [0.29, 0.717) is 6.42 Å². The monoisotopic (exact) mass is 174 g/mol. The molecule has 66 valence electrons. The lowest BCUT2D eigenvalue weighted by molar-refractivity contribution is 0.0812. The van der Waals surface area contributed by atoms with Crippen LogP contribution in [0, 0.1) is 0 Å². The first kappa shape index (κ1) is 7.13. The molecule has 1 aromatic carbocycles. The van der Waals surface area contributed by atoms with Gasteiger partial charge in [0.1, 0.15) is 11.4 Å². The maximum atomic E-state index is 11.7. The number of carbonyl (C=O) groups is 1. The molecule has 0 aromatic heterocycles. The summed E-state index contributed by atoms with van der Waals surface area (Å²) in [6, 6.07) is 7.51.